The number of halogens is 2. The van der Waals surface area contributed by atoms with Gasteiger partial charge in [-0.3, -0.25) is 4.98 Å². The lowest BCUT2D eigenvalue weighted by atomic mass is 10.1. The van der Waals surface area contributed by atoms with Crippen molar-refractivity contribution in [3.8, 4) is 11.4 Å². The monoisotopic (exact) mass is 259 g/mol. The topological polar surface area (TPSA) is 30.7 Å². The van der Waals surface area contributed by atoms with E-state index in [1.165, 1.54) is 6.07 Å². The Morgan fingerprint density at radius 1 is 1.16 bits per heavy atom. The van der Waals surface area contributed by atoms with E-state index >= 15 is 0 Å². The van der Waals surface area contributed by atoms with Gasteiger partial charge in [0, 0.05) is 25.0 Å². The number of fused-ring (bicyclic) bond motifs is 1. The van der Waals surface area contributed by atoms with Crippen molar-refractivity contribution in [1.29, 1.82) is 0 Å². The van der Waals surface area contributed by atoms with Crippen molar-refractivity contribution >= 4 is 11.0 Å². The second-order valence-electron chi connectivity index (χ2n) is 4.41. The number of hydrogen-bond acceptors (Lipinski definition) is 2. The molecule has 3 aromatic rings. The summed E-state index contributed by atoms with van der Waals surface area (Å²) in [6.07, 6.45) is 3.35. The molecule has 96 valence electrons. The normalized spacial score (nSPS) is 11.2. The van der Waals surface area contributed by atoms with Gasteiger partial charge < -0.3 is 4.57 Å². The molecule has 0 amide bonds. The molecule has 19 heavy (non-hydrogen) atoms. The first-order valence-corrected chi connectivity index (χ1v) is 5.81. The Labute approximate surface area is 108 Å². The molecule has 0 N–H and O–H groups in total. The van der Waals surface area contributed by atoms with E-state index in [2.05, 4.69) is 9.97 Å². The van der Waals surface area contributed by atoms with Gasteiger partial charge in [-0.25, -0.2) is 13.8 Å². The molecule has 0 spiro atoms. The van der Waals surface area contributed by atoms with Crippen LogP contribution in [0.3, 0.4) is 0 Å². The molecule has 0 atom stereocenters. The van der Waals surface area contributed by atoms with E-state index < -0.39 is 11.6 Å². The molecular formula is C14H11F2N3. The Kier molecular flexibility index (Phi) is 2.55. The summed E-state index contributed by atoms with van der Waals surface area (Å²) < 4.78 is 28.7. The third kappa shape index (κ3) is 1.69. The molecule has 3 nitrogen and oxygen atoms in total. The Hall–Kier alpha value is -2.30. The summed E-state index contributed by atoms with van der Waals surface area (Å²) in [5, 5.41) is 0. The quantitative estimate of drug-likeness (QED) is 0.671. The first-order chi connectivity index (χ1) is 9.09. The fourth-order valence-corrected chi connectivity index (χ4v) is 2.14. The molecule has 0 radical (unpaired) electrons. The smallest absolute Gasteiger partial charge is 0.186 e. The summed E-state index contributed by atoms with van der Waals surface area (Å²) in [7, 11) is 1.77. The van der Waals surface area contributed by atoms with E-state index in [-0.39, 0.29) is 5.52 Å². The van der Waals surface area contributed by atoms with Crippen LogP contribution in [-0.2, 0) is 7.05 Å². The van der Waals surface area contributed by atoms with Crippen molar-refractivity contribution < 1.29 is 8.78 Å². The zero-order valence-electron chi connectivity index (χ0n) is 10.5. The number of pyridine rings is 1. The van der Waals surface area contributed by atoms with Gasteiger partial charge in [0.05, 0.1) is 5.52 Å². The van der Waals surface area contributed by atoms with Crippen molar-refractivity contribution in [1.82, 2.24) is 14.5 Å². The highest BCUT2D eigenvalue weighted by atomic mass is 19.2. The number of rotatable bonds is 1. The Morgan fingerprint density at radius 2 is 1.95 bits per heavy atom. The highest BCUT2D eigenvalue weighted by Crippen LogP contribution is 2.27. The number of aryl methyl sites for hydroxylation is 2. The predicted molar refractivity (Wildman–Crippen MR) is 68.6 cm³/mol. The molecule has 2 aromatic heterocycles. The highest BCUT2D eigenvalue weighted by molar-refractivity contribution is 5.81. The second-order valence-corrected chi connectivity index (χ2v) is 4.41. The van der Waals surface area contributed by atoms with Crippen LogP contribution in [-0.4, -0.2) is 14.5 Å². The molecule has 3 rings (SSSR count). The zero-order chi connectivity index (χ0) is 13.6. The SMILES string of the molecule is Cc1ccncc1-c1nc2c(F)c(F)ccc2n1C. The molecule has 2 heterocycles. The minimum atomic E-state index is -0.916. The van der Waals surface area contributed by atoms with Gasteiger partial charge in [0.2, 0.25) is 0 Å². The van der Waals surface area contributed by atoms with E-state index in [1.54, 1.807) is 24.0 Å². The molecule has 0 aliphatic carbocycles. The molecule has 0 fully saturated rings. The van der Waals surface area contributed by atoms with E-state index in [0.717, 1.165) is 17.2 Å². The molecular weight excluding hydrogens is 248 g/mol. The van der Waals surface area contributed by atoms with Crippen molar-refractivity contribution in [2.75, 3.05) is 0 Å². The van der Waals surface area contributed by atoms with Crippen molar-refractivity contribution in [2.45, 2.75) is 6.92 Å². The van der Waals surface area contributed by atoms with E-state index in [9.17, 15) is 8.78 Å². The molecule has 0 aliphatic heterocycles. The Bertz CT molecular complexity index is 778. The lowest BCUT2D eigenvalue weighted by Crippen LogP contribution is -1.95. The van der Waals surface area contributed by atoms with Gasteiger partial charge in [0.1, 0.15) is 11.3 Å². The van der Waals surface area contributed by atoms with Crippen LogP contribution in [0.5, 0.6) is 0 Å². The van der Waals surface area contributed by atoms with Crippen LogP contribution >= 0.6 is 0 Å². The summed E-state index contributed by atoms with van der Waals surface area (Å²) in [6.45, 7) is 1.92. The van der Waals surface area contributed by atoms with Gasteiger partial charge in [0.25, 0.3) is 0 Å². The number of benzene rings is 1. The molecule has 0 aliphatic rings. The number of nitrogens with zero attached hydrogens (tertiary/aromatic N) is 3. The molecule has 1 aromatic carbocycles. The average molecular weight is 259 g/mol. The van der Waals surface area contributed by atoms with Crippen LogP contribution in [0.4, 0.5) is 8.78 Å². The average Bonchev–Trinajstić information content (AvgIpc) is 2.73. The van der Waals surface area contributed by atoms with E-state index in [4.69, 9.17) is 0 Å². The van der Waals surface area contributed by atoms with Crippen molar-refractivity contribution in [3.63, 3.8) is 0 Å². The van der Waals surface area contributed by atoms with Gasteiger partial charge in [-0.2, -0.15) is 0 Å². The fraction of sp³-hybridized carbons (Fsp3) is 0.143. The maximum atomic E-state index is 13.7. The molecule has 0 saturated carbocycles. The minimum Gasteiger partial charge on any atom is -0.327 e. The van der Waals surface area contributed by atoms with Crippen LogP contribution in [0.25, 0.3) is 22.4 Å². The van der Waals surface area contributed by atoms with Crippen LogP contribution in [0.2, 0.25) is 0 Å². The van der Waals surface area contributed by atoms with Gasteiger partial charge in [-0.05, 0) is 30.7 Å². The summed E-state index contributed by atoms with van der Waals surface area (Å²) in [5.74, 6) is -1.23. The fourth-order valence-electron chi connectivity index (χ4n) is 2.14. The molecule has 0 saturated heterocycles. The van der Waals surface area contributed by atoms with Gasteiger partial charge in [-0.1, -0.05) is 0 Å². The first kappa shape index (κ1) is 11.8. The highest BCUT2D eigenvalue weighted by Gasteiger charge is 2.16. The van der Waals surface area contributed by atoms with E-state index in [1.807, 2.05) is 13.0 Å². The summed E-state index contributed by atoms with van der Waals surface area (Å²) >= 11 is 0. The Morgan fingerprint density at radius 3 is 2.68 bits per heavy atom. The third-order valence-corrected chi connectivity index (χ3v) is 3.22. The van der Waals surface area contributed by atoms with Crippen LogP contribution in [0.1, 0.15) is 5.56 Å². The third-order valence-electron chi connectivity index (χ3n) is 3.22. The lowest BCUT2D eigenvalue weighted by Gasteiger charge is -2.04. The summed E-state index contributed by atoms with van der Waals surface area (Å²) in [5.41, 5.74) is 2.38. The number of aromatic nitrogens is 3. The van der Waals surface area contributed by atoms with Crippen molar-refractivity contribution in [2.24, 2.45) is 7.05 Å². The van der Waals surface area contributed by atoms with Crippen LogP contribution in [0, 0.1) is 18.6 Å². The van der Waals surface area contributed by atoms with Gasteiger partial charge >= 0.3 is 0 Å². The lowest BCUT2D eigenvalue weighted by molar-refractivity contribution is 0.515. The zero-order valence-corrected chi connectivity index (χ0v) is 10.5. The Balaban J connectivity index is 2.35. The largest absolute Gasteiger partial charge is 0.327 e. The minimum absolute atomic E-state index is 0.0424. The molecule has 0 unspecified atom stereocenters. The number of imidazole rings is 1. The summed E-state index contributed by atoms with van der Waals surface area (Å²) in [6, 6.07) is 4.49. The molecule has 5 heteroatoms. The van der Waals surface area contributed by atoms with Crippen LogP contribution < -0.4 is 0 Å². The second kappa shape index (κ2) is 4.12. The van der Waals surface area contributed by atoms with Crippen molar-refractivity contribution in [3.05, 3.63) is 47.8 Å². The van der Waals surface area contributed by atoms with Gasteiger partial charge in [0.15, 0.2) is 11.6 Å². The van der Waals surface area contributed by atoms with Gasteiger partial charge in [-0.15, -0.1) is 0 Å². The standard InChI is InChI=1S/C14H11F2N3/c1-8-5-6-17-7-9(8)14-18-13-11(19(14)2)4-3-10(15)12(13)16/h3-7H,1-2H3. The maximum absolute atomic E-state index is 13.7. The molecule has 0 bridgehead atoms. The number of hydrogen-bond donors (Lipinski definition) is 0. The summed E-state index contributed by atoms with van der Waals surface area (Å²) in [4.78, 5) is 8.26. The first-order valence-electron chi connectivity index (χ1n) is 5.81. The maximum Gasteiger partial charge on any atom is 0.186 e. The van der Waals surface area contributed by atoms with Crippen LogP contribution in [0.15, 0.2) is 30.6 Å². The predicted octanol–water partition coefficient (Wildman–Crippen LogP) is 3.22. The van der Waals surface area contributed by atoms with E-state index in [0.29, 0.717) is 11.3 Å².